The first-order valence-corrected chi connectivity index (χ1v) is 10.5. The van der Waals surface area contributed by atoms with Gasteiger partial charge >= 0.3 is 0 Å². The van der Waals surface area contributed by atoms with Gasteiger partial charge in [-0.2, -0.15) is 0 Å². The smallest absolute Gasteiger partial charge is 0.118 e. The third-order valence-electron chi connectivity index (χ3n) is 5.99. The summed E-state index contributed by atoms with van der Waals surface area (Å²) in [6.45, 7) is 8.76. The predicted molar refractivity (Wildman–Crippen MR) is 114 cm³/mol. The molecule has 2 fully saturated rings. The number of hydrogen-bond acceptors (Lipinski definition) is 5. The number of hydrogen-bond donors (Lipinski definition) is 1. The van der Waals surface area contributed by atoms with E-state index in [4.69, 9.17) is 9.72 Å². The van der Waals surface area contributed by atoms with Gasteiger partial charge in [-0.25, -0.2) is 0 Å². The molecule has 0 radical (unpaired) electrons. The van der Waals surface area contributed by atoms with Gasteiger partial charge in [0.25, 0.3) is 0 Å². The molecule has 1 atom stereocenters. The van der Waals surface area contributed by atoms with Crippen molar-refractivity contribution in [3.05, 3.63) is 53.3 Å². The summed E-state index contributed by atoms with van der Waals surface area (Å²) in [6.07, 6.45) is 3.55. The van der Waals surface area contributed by atoms with E-state index in [0.717, 1.165) is 57.1 Å². The van der Waals surface area contributed by atoms with E-state index in [1.54, 1.807) is 7.11 Å². The number of aromatic nitrogens is 1. The maximum atomic E-state index is 5.24. The third-order valence-corrected chi connectivity index (χ3v) is 5.99. The zero-order valence-corrected chi connectivity index (χ0v) is 17.2. The fourth-order valence-electron chi connectivity index (χ4n) is 4.28. The number of piperazine rings is 1. The highest BCUT2D eigenvalue weighted by Gasteiger charge is 2.21. The second-order valence-corrected chi connectivity index (χ2v) is 7.97. The summed E-state index contributed by atoms with van der Waals surface area (Å²) < 4.78 is 5.24. The Labute approximate surface area is 168 Å². The first-order valence-electron chi connectivity index (χ1n) is 10.5. The average Bonchev–Trinajstić information content (AvgIpc) is 3.28. The molecule has 2 aromatic rings. The molecule has 150 valence electrons. The van der Waals surface area contributed by atoms with Crippen LogP contribution in [-0.2, 0) is 6.42 Å². The number of rotatable bonds is 6. The Morgan fingerprint density at radius 2 is 1.89 bits per heavy atom. The SMILES string of the molecule is COc1ccc(CCN2CCN(c3cc(C)nc(C4CCCN4)c3)CC2)cc1. The lowest BCUT2D eigenvalue weighted by molar-refractivity contribution is 0.261. The van der Waals surface area contributed by atoms with E-state index in [1.807, 2.05) is 0 Å². The van der Waals surface area contributed by atoms with E-state index in [2.05, 4.69) is 58.4 Å². The number of anilines is 1. The van der Waals surface area contributed by atoms with Crippen LogP contribution in [0.5, 0.6) is 5.75 Å². The van der Waals surface area contributed by atoms with Gasteiger partial charge in [0.1, 0.15) is 5.75 Å². The number of ether oxygens (including phenoxy) is 1. The van der Waals surface area contributed by atoms with Gasteiger partial charge in [-0.15, -0.1) is 0 Å². The summed E-state index contributed by atoms with van der Waals surface area (Å²) in [4.78, 5) is 9.89. The molecule has 1 aromatic heterocycles. The van der Waals surface area contributed by atoms with Crippen LogP contribution in [0.2, 0.25) is 0 Å². The highest BCUT2D eigenvalue weighted by Crippen LogP contribution is 2.26. The van der Waals surface area contributed by atoms with Crippen LogP contribution in [0.3, 0.4) is 0 Å². The minimum absolute atomic E-state index is 0.435. The van der Waals surface area contributed by atoms with Crippen molar-refractivity contribution < 1.29 is 4.74 Å². The Morgan fingerprint density at radius 3 is 2.57 bits per heavy atom. The van der Waals surface area contributed by atoms with Gasteiger partial charge in [0, 0.05) is 50.1 Å². The first kappa shape index (κ1) is 19.2. The summed E-state index contributed by atoms with van der Waals surface area (Å²) in [5, 5.41) is 3.58. The van der Waals surface area contributed by atoms with Gasteiger partial charge in [0.05, 0.1) is 12.8 Å². The van der Waals surface area contributed by atoms with Gasteiger partial charge < -0.3 is 15.0 Å². The van der Waals surface area contributed by atoms with Crippen LogP contribution in [0.1, 0.15) is 35.8 Å². The second kappa shape index (κ2) is 8.93. The molecule has 5 heteroatoms. The molecule has 3 heterocycles. The standard InChI is InChI=1S/C23H32N4O/c1-18-16-20(17-23(25-18)22-4-3-10-24-22)27-14-12-26(13-15-27)11-9-19-5-7-21(28-2)8-6-19/h5-8,16-17,22,24H,3-4,9-15H2,1-2H3. The highest BCUT2D eigenvalue weighted by molar-refractivity contribution is 5.49. The Hall–Kier alpha value is -2.11. The van der Waals surface area contributed by atoms with Crippen molar-refractivity contribution in [1.29, 1.82) is 0 Å². The molecular weight excluding hydrogens is 348 g/mol. The molecule has 0 spiro atoms. The summed E-state index contributed by atoms with van der Waals surface area (Å²) in [5.74, 6) is 0.928. The Morgan fingerprint density at radius 1 is 1.11 bits per heavy atom. The Bertz CT molecular complexity index is 763. The normalized spacial score (nSPS) is 20.5. The van der Waals surface area contributed by atoms with Gasteiger partial charge in [0.2, 0.25) is 0 Å². The largest absolute Gasteiger partial charge is 0.497 e. The second-order valence-electron chi connectivity index (χ2n) is 7.97. The van der Waals surface area contributed by atoms with Gasteiger partial charge in [0.15, 0.2) is 0 Å². The topological polar surface area (TPSA) is 40.6 Å². The molecule has 2 aliphatic rings. The van der Waals surface area contributed by atoms with E-state index >= 15 is 0 Å². The van der Waals surface area contributed by atoms with Crippen LogP contribution in [-0.4, -0.2) is 56.3 Å². The summed E-state index contributed by atoms with van der Waals surface area (Å²) in [7, 11) is 1.71. The number of nitrogens with one attached hydrogen (secondary N) is 1. The monoisotopic (exact) mass is 380 g/mol. The first-order chi connectivity index (χ1) is 13.7. The van der Waals surface area contributed by atoms with Crippen molar-refractivity contribution in [2.24, 2.45) is 0 Å². The van der Waals surface area contributed by atoms with Gasteiger partial charge in [-0.1, -0.05) is 12.1 Å². The van der Waals surface area contributed by atoms with E-state index < -0.39 is 0 Å². The third kappa shape index (κ3) is 4.65. The van der Waals surface area contributed by atoms with Crippen molar-refractivity contribution in [1.82, 2.24) is 15.2 Å². The van der Waals surface area contributed by atoms with Crippen molar-refractivity contribution in [3.63, 3.8) is 0 Å². The predicted octanol–water partition coefficient (Wildman–Crippen LogP) is 3.19. The fraction of sp³-hybridized carbons (Fsp3) is 0.522. The zero-order chi connectivity index (χ0) is 19.3. The Kier molecular flexibility index (Phi) is 6.13. The average molecular weight is 381 g/mol. The number of pyridine rings is 1. The molecule has 0 saturated carbocycles. The van der Waals surface area contributed by atoms with Gasteiger partial charge in [-0.05, 0) is 62.6 Å². The molecule has 28 heavy (non-hydrogen) atoms. The van der Waals surface area contributed by atoms with Crippen LogP contribution in [0.25, 0.3) is 0 Å². The summed E-state index contributed by atoms with van der Waals surface area (Å²) in [5.41, 5.74) is 5.06. The van der Waals surface area contributed by atoms with Crippen LogP contribution >= 0.6 is 0 Å². The van der Waals surface area contributed by atoms with E-state index in [0.29, 0.717) is 6.04 Å². The van der Waals surface area contributed by atoms with Crippen LogP contribution in [0.4, 0.5) is 5.69 Å². The van der Waals surface area contributed by atoms with Gasteiger partial charge in [-0.3, -0.25) is 9.88 Å². The van der Waals surface area contributed by atoms with Crippen molar-refractivity contribution in [3.8, 4) is 5.75 Å². The highest BCUT2D eigenvalue weighted by atomic mass is 16.5. The minimum Gasteiger partial charge on any atom is -0.497 e. The molecule has 2 saturated heterocycles. The molecule has 4 rings (SSSR count). The van der Waals surface area contributed by atoms with Crippen LogP contribution < -0.4 is 15.0 Å². The number of nitrogens with zero attached hydrogens (tertiary/aromatic N) is 3. The van der Waals surface area contributed by atoms with E-state index in [9.17, 15) is 0 Å². The fourth-order valence-corrected chi connectivity index (χ4v) is 4.28. The molecule has 0 bridgehead atoms. The lowest BCUT2D eigenvalue weighted by Crippen LogP contribution is -2.47. The Balaban J connectivity index is 1.31. The maximum absolute atomic E-state index is 5.24. The van der Waals surface area contributed by atoms with Crippen LogP contribution in [0, 0.1) is 6.92 Å². The van der Waals surface area contributed by atoms with E-state index in [1.165, 1.54) is 29.8 Å². The number of methoxy groups -OCH3 is 1. The lowest BCUT2D eigenvalue weighted by atomic mass is 10.1. The number of aryl methyl sites for hydroxylation is 1. The molecular formula is C23H32N4O. The van der Waals surface area contributed by atoms with Crippen molar-refractivity contribution in [2.75, 3.05) is 51.3 Å². The summed E-state index contributed by atoms with van der Waals surface area (Å²) >= 11 is 0. The lowest BCUT2D eigenvalue weighted by Gasteiger charge is -2.36. The quantitative estimate of drug-likeness (QED) is 0.833. The maximum Gasteiger partial charge on any atom is 0.118 e. The van der Waals surface area contributed by atoms with Crippen LogP contribution in [0.15, 0.2) is 36.4 Å². The molecule has 5 nitrogen and oxygen atoms in total. The zero-order valence-electron chi connectivity index (χ0n) is 17.2. The molecule has 1 unspecified atom stereocenters. The molecule has 2 aliphatic heterocycles. The van der Waals surface area contributed by atoms with Crippen molar-refractivity contribution in [2.45, 2.75) is 32.2 Å². The molecule has 1 N–H and O–H groups in total. The van der Waals surface area contributed by atoms with E-state index in [-0.39, 0.29) is 0 Å². The summed E-state index contributed by atoms with van der Waals surface area (Å²) in [6, 6.07) is 13.4. The molecule has 1 aromatic carbocycles. The van der Waals surface area contributed by atoms with Crippen molar-refractivity contribution >= 4 is 5.69 Å². The molecule has 0 amide bonds. The minimum atomic E-state index is 0.435. The number of benzene rings is 1. The molecule has 0 aliphatic carbocycles.